The van der Waals surface area contributed by atoms with Gasteiger partial charge < -0.3 is 19.7 Å². The fourth-order valence-corrected chi connectivity index (χ4v) is 3.59. The number of ether oxygens (including phenoxy) is 2. The summed E-state index contributed by atoms with van der Waals surface area (Å²) in [5, 5.41) is 9.98. The Labute approximate surface area is 175 Å². The summed E-state index contributed by atoms with van der Waals surface area (Å²) in [6, 6.07) is 9.93. The maximum atomic E-state index is 12.7. The molecule has 158 valence electrons. The Morgan fingerprint density at radius 2 is 2.07 bits per heavy atom. The number of carbonyl (C=O) groups is 2. The third-order valence-electron chi connectivity index (χ3n) is 5.06. The van der Waals surface area contributed by atoms with Gasteiger partial charge in [-0.3, -0.25) is 14.7 Å². The second-order valence-corrected chi connectivity index (χ2v) is 8.05. The lowest BCUT2D eigenvalue weighted by atomic mass is 10.1. The van der Waals surface area contributed by atoms with Gasteiger partial charge in [-0.25, -0.2) is 0 Å². The Morgan fingerprint density at radius 3 is 2.83 bits per heavy atom. The summed E-state index contributed by atoms with van der Waals surface area (Å²) in [4.78, 5) is 26.5. The van der Waals surface area contributed by atoms with Gasteiger partial charge in [0.2, 0.25) is 18.1 Å². The molecule has 30 heavy (non-hydrogen) atoms. The lowest BCUT2D eigenvalue weighted by Gasteiger charge is -2.17. The van der Waals surface area contributed by atoms with E-state index in [9.17, 15) is 9.59 Å². The highest BCUT2D eigenvalue weighted by atomic mass is 16.7. The van der Waals surface area contributed by atoms with Crippen LogP contribution in [0.4, 0.5) is 5.82 Å². The van der Waals surface area contributed by atoms with E-state index in [2.05, 4.69) is 15.5 Å². The summed E-state index contributed by atoms with van der Waals surface area (Å²) in [7, 11) is 0. The molecule has 0 saturated carbocycles. The van der Waals surface area contributed by atoms with Gasteiger partial charge in [0, 0.05) is 18.4 Å². The number of nitrogens with zero attached hydrogens (tertiary/aromatic N) is 2. The number of hydrogen-bond acceptors (Lipinski definition) is 5. The lowest BCUT2D eigenvalue weighted by Crippen LogP contribution is -2.26. The molecule has 0 fully saturated rings. The second kappa shape index (κ2) is 8.61. The topological polar surface area (TPSA) is 96.6 Å². The fourth-order valence-electron chi connectivity index (χ4n) is 3.59. The van der Waals surface area contributed by atoms with Crippen molar-refractivity contribution in [2.24, 2.45) is 5.92 Å². The highest BCUT2D eigenvalue weighted by molar-refractivity contribution is 5.91. The van der Waals surface area contributed by atoms with Gasteiger partial charge in [0.1, 0.15) is 17.8 Å². The molecule has 1 atom stereocenters. The van der Waals surface area contributed by atoms with Crippen LogP contribution in [0.15, 0.2) is 42.4 Å². The van der Waals surface area contributed by atoms with Crippen molar-refractivity contribution in [2.75, 3.05) is 5.32 Å². The number of carbonyl (C=O) groups excluding carboxylic acids is 2. The van der Waals surface area contributed by atoms with Crippen molar-refractivity contribution in [2.45, 2.75) is 52.5 Å². The van der Waals surface area contributed by atoms with E-state index in [-0.39, 0.29) is 24.2 Å². The lowest BCUT2D eigenvalue weighted by molar-refractivity contribution is -0.132. The third kappa shape index (κ3) is 4.64. The van der Waals surface area contributed by atoms with Crippen molar-refractivity contribution >= 4 is 17.6 Å². The molecule has 1 aromatic carbocycles. The van der Waals surface area contributed by atoms with E-state index in [1.54, 1.807) is 4.90 Å². The number of nitrogens with one attached hydrogen (secondary N) is 2. The SMILES string of the molecule is CC(C)CC(=O)Nc1[nH]nc2c1CN(C(=O)CC1=COC(Cc3ccccc3)O1)C2. The third-order valence-corrected chi connectivity index (χ3v) is 5.06. The first kappa shape index (κ1) is 20.0. The van der Waals surface area contributed by atoms with E-state index in [1.165, 1.54) is 6.26 Å². The molecule has 0 radical (unpaired) electrons. The summed E-state index contributed by atoms with van der Waals surface area (Å²) < 4.78 is 11.3. The van der Waals surface area contributed by atoms with Crippen LogP contribution in [0.1, 0.15) is 43.5 Å². The Bertz CT molecular complexity index is 951. The van der Waals surface area contributed by atoms with Crippen molar-refractivity contribution < 1.29 is 19.1 Å². The van der Waals surface area contributed by atoms with Crippen LogP contribution in [0, 0.1) is 5.92 Å². The molecule has 2 aliphatic heterocycles. The van der Waals surface area contributed by atoms with Gasteiger partial charge in [0.05, 0.1) is 25.2 Å². The zero-order valence-corrected chi connectivity index (χ0v) is 17.2. The minimum atomic E-state index is -0.410. The number of amides is 2. The van der Waals surface area contributed by atoms with Crippen molar-refractivity contribution in [3.05, 3.63) is 59.2 Å². The van der Waals surface area contributed by atoms with Crippen molar-refractivity contribution in [1.29, 1.82) is 0 Å². The number of hydrogen-bond donors (Lipinski definition) is 2. The quantitative estimate of drug-likeness (QED) is 0.731. The summed E-state index contributed by atoms with van der Waals surface area (Å²) in [5.41, 5.74) is 2.75. The largest absolute Gasteiger partial charge is 0.459 e. The molecule has 2 N–H and O–H groups in total. The number of fused-ring (bicyclic) bond motifs is 1. The van der Waals surface area contributed by atoms with Gasteiger partial charge in [0.15, 0.2) is 0 Å². The maximum Gasteiger partial charge on any atom is 0.244 e. The molecule has 0 spiro atoms. The zero-order valence-electron chi connectivity index (χ0n) is 17.2. The van der Waals surface area contributed by atoms with Gasteiger partial charge in [-0.2, -0.15) is 5.10 Å². The number of H-pyrrole nitrogens is 1. The van der Waals surface area contributed by atoms with Crippen LogP contribution in [-0.2, 0) is 38.6 Å². The average molecular weight is 410 g/mol. The molecule has 2 aliphatic rings. The normalized spacial score (nSPS) is 17.4. The summed E-state index contributed by atoms with van der Waals surface area (Å²) in [5.74, 6) is 1.24. The maximum absolute atomic E-state index is 12.7. The monoisotopic (exact) mass is 410 g/mol. The Kier molecular flexibility index (Phi) is 5.74. The fraction of sp³-hybridized carbons (Fsp3) is 0.409. The number of benzene rings is 1. The van der Waals surface area contributed by atoms with Crippen LogP contribution >= 0.6 is 0 Å². The van der Waals surface area contributed by atoms with Crippen molar-refractivity contribution in [3.63, 3.8) is 0 Å². The molecule has 0 bridgehead atoms. The first-order chi connectivity index (χ1) is 14.5. The molecule has 2 aromatic rings. The predicted molar refractivity (Wildman–Crippen MR) is 110 cm³/mol. The van der Waals surface area contributed by atoms with E-state index in [4.69, 9.17) is 9.47 Å². The van der Waals surface area contributed by atoms with E-state index >= 15 is 0 Å². The number of aromatic amines is 1. The van der Waals surface area contributed by atoms with Gasteiger partial charge in [0.25, 0.3) is 0 Å². The highest BCUT2D eigenvalue weighted by Gasteiger charge is 2.31. The Morgan fingerprint density at radius 1 is 1.27 bits per heavy atom. The smallest absolute Gasteiger partial charge is 0.244 e. The molecule has 3 heterocycles. The standard InChI is InChI=1S/C22H26N4O4/c1-14(2)8-19(27)23-22-17-11-26(12-18(17)24-25-22)20(28)10-16-13-29-21(30-16)9-15-6-4-3-5-7-15/h3-7,13-14,21H,8-12H2,1-2H3,(H2,23,24,25,27). The van der Waals surface area contributed by atoms with Crippen molar-refractivity contribution in [1.82, 2.24) is 15.1 Å². The zero-order chi connectivity index (χ0) is 21.1. The molecule has 1 aromatic heterocycles. The van der Waals surface area contributed by atoms with Crippen LogP contribution in [0.25, 0.3) is 0 Å². The number of rotatable bonds is 7. The van der Waals surface area contributed by atoms with E-state index in [1.807, 2.05) is 44.2 Å². The van der Waals surface area contributed by atoms with E-state index in [0.717, 1.165) is 16.8 Å². The minimum Gasteiger partial charge on any atom is -0.459 e. The molecule has 0 saturated heterocycles. The summed E-state index contributed by atoms with van der Waals surface area (Å²) in [6.45, 7) is 4.80. The second-order valence-electron chi connectivity index (χ2n) is 8.05. The first-order valence-corrected chi connectivity index (χ1v) is 10.2. The Balaban J connectivity index is 1.28. The van der Waals surface area contributed by atoms with Gasteiger partial charge in [-0.05, 0) is 11.5 Å². The van der Waals surface area contributed by atoms with Crippen LogP contribution in [0.2, 0.25) is 0 Å². The number of anilines is 1. The molecular formula is C22H26N4O4. The van der Waals surface area contributed by atoms with Crippen molar-refractivity contribution in [3.8, 4) is 0 Å². The summed E-state index contributed by atoms with van der Waals surface area (Å²) >= 11 is 0. The predicted octanol–water partition coefficient (Wildman–Crippen LogP) is 3.08. The molecule has 4 rings (SSSR count). The van der Waals surface area contributed by atoms with E-state index < -0.39 is 6.29 Å². The van der Waals surface area contributed by atoms with Gasteiger partial charge in [-0.1, -0.05) is 44.2 Å². The minimum absolute atomic E-state index is 0.0626. The Hall–Kier alpha value is -3.29. The summed E-state index contributed by atoms with van der Waals surface area (Å²) in [6.07, 6.45) is 2.30. The van der Waals surface area contributed by atoms with Gasteiger partial charge in [-0.15, -0.1) is 0 Å². The number of aromatic nitrogens is 2. The average Bonchev–Trinajstić information content (AvgIpc) is 3.40. The molecular weight excluding hydrogens is 384 g/mol. The molecule has 2 amide bonds. The van der Waals surface area contributed by atoms with Gasteiger partial charge >= 0.3 is 0 Å². The molecule has 0 aliphatic carbocycles. The van der Waals surface area contributed by atoms with Crippen LogP contribution in [0.3, 0.4) is 0 Å². The molecule has 8 nitrogen and oxygen atoms in total. The highest BCUT2D eigenvalue weighted by Crippen LogP contribution is 2.29. The van der Waals surface area contributed by atoms with Crippen LogP contribution < -0.4 is 5.32 Å². The van der Waals surface area contributed by atoms with Crippen LogP contribution in [0.5, 0.6) is 0 Å². The molecule has 1 unspecified atom stereocenters. The van der Waals surface area contributed by atoms with E-state index in [0.29, 0.717) is 37.5 Å². The first-order valence-electron chi connectivity index (χ1n) is 10.2. The molecule has 8 heteroatoms. The van der Waals surface area contributed by atoms with Crippen LogP contribution in [-0.4, -0.2) is 33.2 Å².